The number of carboxylic acid groups (broad SMARTS) is 1. The molecule has 0 radical (unpaired) electrons. The first-order chi connectivity index (χ1) is 7.11. The first kappa shape index (κ1) is 10.9. The average molecular weight is 211 g/mol. The minimum atomic E-state index is -0.939. The number of aliphatic carboxylic acids is 1. The largest absolute Gasteiger partial charge is 0.480 e. The summed E-state index contributed by atoms with van der Waals surface area (Å²) in [5, 5.41) is 9.39. The van der Waals surface area contributed by atoms with Gasteiger partial charge in [-0.3, -0.25) is 4.79 Å². The summed E-state index contributed by atoms with van der Waals surface area (Å²) >= 11 is 0. The van der Waals surface area contributed by atoms with Crippen LogP contribution < -0.4 is 5.73 Å². The predicted molar refractivity (Wildman–Crippen MR) is 58.5 cm³/mol. The molecule has 0 aromatic rings. The molecule has 15 heavy (non-hydrogen) atoms. The Morgan fingerprint density at radius 1 is 0.933 bits per heavy atom. The normalized spacial score (nSPS) is 35.3. The van der Waals surface area contributed by atoms with Gasteiger partial charge in [-0.05, 0) is 31.1 Å². The Hall–Kier alpha value is -0.570. The fraction of sp³-hybridized carbons (Fsp3) is 0.917. The van der Waals surface area contributed by atoms with E-state index in [1.165, 1.54) is 6.42 Å². The van der Waals surface area contributed by atoms with Crippen LogP contribution >= 0.6 is 0 Å². The summed E-state index contributed by atoms with van der Waals surface area (Å²) in [5.74, 6) is -0.774. The Balaban J connectivity index is 2.28. The van der Waals surface area contributed by atoms with Crippen molar-refractivity contribution in [2.45, 2.75) is 63.3 Å². The third-order valence-electron chi connectivity index (χ3n) is 4.62. The van der Waals surface area contributed by atoms with Crippen molar-refractivity contribution in [3.8, 4) is 0 Å². The second-order valence-electron chi connectivity index (χ2n) is 5.32. The lowest BCUT2D eigenvalue weighted by molar-refractivity contribution is -0.153. The summed E-state index contributed by atoms with van der Waals surface area (Å²) in [6.45, 7) is 0. The summed E-state index contributed by atoms with van der Waals surface area (Å²) in [6, 6.07) is 0. The number of hydrogen-bond acceptors (Lipinski definition) is 2. The number of carboxylic acids is 1. The SMILES string of the molecule is NC1(C(=O)O)CCCCC12CCCCC2. The second-order valence-corrected chi connectivity index (χ2v) is 5.32. The molecule has 0 aromatic carbocycles. The Morgan fingerprint density at radius 3 is 1.93 bits per heavy atom. The second kappa shape index (κ2) is 3.78. The Morgan fingerprint density at radius 2 is 1.40 bits per heavy atom. The van der Waals surface area contributed by atoms with Gasteiger partial charge < -0.3 is 10.8 Å². The quantitative estimate of drug-likeness (QED) is 0.699. The number of carbonyl (C=O) groups is 1. The summed E-state index contributed by atoms with van der Waals surface area (Å²) < 4.78 is 0. The molecule has 1 atom stereocenters. The highest BCUT2D eigenvalue weighted by Crippen LogP contribution is 2.52. The van der Waals surface area contributed by atoms with Crippen molar-refractivity contribution in [3.05, 3.63) is 0 Å². The van der Waals surface area contributed by atoms with Crippen LogP contribution in [0.1, 0.15) is 57.8 Å². The number of hydrogen-bond donors (Lipinski definition) is 2. The van der Waals surface area contributed by atoms with E-state index in [0.717, 1.165) is 44.9 Å². The van der Waals surface area contributed by atoms with Crippen LogP contribution in [-0.2, 0) is 4.79 Å². The highest BCUT2D eigenvalue weighted by atomic mass is 16.4. The smallest absolute Gasteiger partial charge is 0.324 e. The highest BCUT2D eigenvalue weighted by molar-refractivity contribution is 5.80. The maximum atomic E-state index is 11.4. The predicted octanol–water partition coefficient (Wildman–Crippen LogP) is 2.29. The minimum Gasteiger partial charge on any atom is -0.480 e. The summed E-state index contributed by atoms with van der Waals surface area (Å²) in [7, 11) is 0. The first-order valence-corrected chi connectivity index (χ1v) is 6.13. The van der Waals surface area contributed by atoms with Crippen molar-refractivity contribution in [2.24, 2.45) is 11.1 Å². The highest BCUT2D eigenvalue weighted by Gasteiger charge is 2.54. The van der Waals surface area contributed by atoms with E-state index in [4.69, 9.17) is 5.73 Å². The lowest BCUT2D eigenvalue weighted by Gasteiger charge is -2.51. The molecule has 2 rings (SSSR count). The molecule has 86 valence electrons. The molecule has 0 aliphatic heterocycles. The van der Waals surface area contributed by atoms with Crippen LogP contribution in [0.3, 0.4) is 0 Å². The van der Waals surface area contributed by atoms with Gasteiger partial charge in [-0.25, -0.2) is 0 Å². The molecule has 1 spiro atoms. The van der Waals surface area contributed by atoms with Crippen molar-refractivity contribution >= 4 is 5.97 Å². The molecule has 3 N–H and O–H groups in total. The minimum absolute atomic E-state index is 0.0880. The molecule has 0 aromatic heterocycles. The molecular formula is C12H21NO2. The van der Waals surface area contributed by atoms with Crippen LogP contribution in [0.25, 0.3) is 0 Å². The van der Waals surface area contributed by atoms with Gasteiger partial charge in [-0.1, -0.05) is 32.1 Å². The fourth-order valence-electron chi connectivity index (χ4n) is 3.61. The van der Waals surface area contributed by atoms with Crippen molar-refractivity contribution < 1.29 is 9.90 Å². The van der Waals surface area contributed by atoms with Gasteiger partial charge in [0.05, 0.1) is 0 Å². The lowest BCUT2D eigenvalue weighted by atomic mass is 9.55. The van der Waals surface area contributed by atoms with Crippen LogP contribution in [0, 0.1) is 5.41 Å². The van der Waals surface area contributed by atoms with Gasteiger partial charge in [-0.15, -0.1) is 0 Å². The molecule has 2 saturated carbocycles. The number of nitrogens with two attached hydrogens (primary N) is 1. The van der Waals surface area contributed by atoms with Crippen LogP contribution in [0.5, 0.6) is 0 Å². The molecule has 0 bridgehead atoms. The van der Waals surface area contributed by atoms with E-state index < -0.39 is 11.5 Å². The van der Waals surface area contributed by atoms with Gasteiger partial charge in [0, 0.05) is 0 Å². The van der Waals surface area contributed by atoms with E-state index in [9.17, 15) is 9.90 Å². The standard InChI is InChI=1S/C12H21NO2/c13-12(10(14)15)9-5-4-8-11(12)6-2-1-3-7-11/h1-9,13H2,(H,14,15). The zero-order valence-electron chi connectivity index (χ0n) is 9.30. The van der Waals surface area contributed by atoms with E-state index in [1.807, 2.05) is 0 Å². The average Bonchev–Trinajstić information content (AvgIpc) is 2.24. The van der Waals surface area contributed by atoms with Gasteiger partial charge in [0.25, 0.3) is 0 Å². The molecule has 3 heteroatoms. The van der Waals surface area contributed by atoms with Crippen LogP contribution in [0.2, 0.25) is 0 Å². The topological polar surface area (TPSA) is 63.3 Å². The van der Waals surface area contributed by atoms with Crippen LogP contribution in [0.4, 0.5) is 0 Å². The molecule has 0 amide bonds. The van der Waals surface area contributed by atoms with Gasteiger partial charge in [0.1, 0.15) is 5.54 Å². The zero-order chi connectivity index (χ0) is 10.9. The van der Waals surface area contributed by atoms with Crippen LogP contribution in [-0.4, -0.2) is 16.6 Å². The zero-order valence-corrected chi connectivity index (χ0v) is 9.30. The summed E-state index contributed by atoms with van der Waals surface area (Å²) in [5.41, 5.74) is 5.19. The van der Waals surface area contributed by atoms with E-state index in [-0.39, 0.29) is 5.41 Å². The Bertz CT molecular complexity index is 250. The van der Waals surface area contributed by atoms with Gasteiger partial charge in [-0.2, -0.15) is 0 Å². The van der Waals surface area contributed by atoms with Crippen LogP contribution in [0.15, 0.2) is 0 Å². The van der Waals surface area contributed by atoms with Crippen molar-refractivity contribution in [2.75, 3.05) is 0 Å². The molecule has 2 aliphatic carbocycles. The van der Waals surface area contributed by atoms with E-state index in [1.54, 1.807) is 0 Å². The maximum Gasteiger partial charge on any atom is 0.324 e. The third kappa shape index (κ3) is 1.57. The molecule has 1 unspecified atom stereocenters. The monoisotopic (exact) mass is 211 g/mol. The number of rotatable bonds is 1. The first-order valence-electron chi connectivity index (χ1n) is 6.13. The van der Waals surface area contributed by atoms with Gasteiger partial charge >= 0.3 is 5.97 Å². The van der Waals surface area contributed by atoms with Crippen molar-refractivity contribution in [1.82, 2.24) is 0 Å². The molecule has 2 fully saturated rings. The summed E-state index contributed by atoms with van der Waals surface area (Å²) in [6.07, 6.45) is 9.44. The van der Waals surface area contributed by atoms with Gasteiger partial charge in [0.2, 0.25) is 0 Å². The van der Waals surface area contributed by atoms with Crippen molar-refractivity contribution in [1.29, 1.82) is 0 Å². The van der Waals surface area contributed by atoms with Gasteiger partial charge in [0.15, 0.2) is 0 Å². The summed E-state index contributed by atoms with van der Waals surface area (Å²) in [4.78, 5) is 11.4. The molecular weight excluding hydrogens is 190 g/mol. The fourth-order valence-corrected chi connectivity index (χ4v) is 3.61. The molecule has 0 saturated heterocycles. The maximum absolute atomic E-state index is 11.4. The van der Waals surface area contributed by atoms with E-state index in [2.05, 4.69) is 0 Å². The lowest BCUT2D eigenvalue weighted by Crippen LogP contribution is -2.63. The molecule has 3 nitrogen and oxygen atoms in total. The molecule has 2 aliphatic rings. The third-order valence-corrected chi connectivity index (χ3v) is 4.62. The molecule has 0 heterocycles. The Labute approximate surface area is 91.0 Å². The van der Waals surface area contributed by atoms with Crippen molar-refractivity contribution in [3.63, 3.8) is 0 Å². The van der Waals surface area contributed by atoms with E-state index in [0.29, 0.717) is 6.42 Å². The van der Waals surface area contributed by atoms with E-state index >= 15 is 0 Å². The Kier molecular flexibility index (Phi) is 2.75.